The number of halogens is 8. The summed E-state index contributed by atoms with van der Waals surface area (Å²) in [6, 6.07) is 10.6. The van der Waals surface area contributed by atoms with Crippen LogP contribution in [0.1, 0.15) is 48.4 Å². The van der Waals surface area contributed by atoms with Crippen molar-refractivity contribution in [1.29, 1.82) is 0 Å². The summed E-state index contributed by atoms with van der Waals surface area (Å²) in [6.07, 6.45) is -0.527. The average molecular weight is 575 g/mol. The summed E-state index contributed by atoms with van der Waals surface area (Å²) in [5.74, 6) is -3.58. The molecule has 4 rings (SSSR count). The smallest absolute Gasteiger partial charge is 0.429 e. The van der Waals surface area contributed by atoms with Crippen molar-refractivity contribution >= 4 is 0 Å². The maximum atomic E-state index is 14.8. The van der Waals surface area contributed by atoms with Crippen LogP contribution < -0.4 is 4.74 Å². The Morgan fingerprint density at radius 1 is 0.683 bits per heavy atom. The summed E-state index contributed by atoms with van der Waals surface area (Å²) in [5.41, 5.74) is -1.05. The maximum absolute atomic E-state index is 14.8. The molecule has 212 valence electrons. The quantitative estimate of drug-likeness (QED) is 0.0882. The predicted molar refractivity (Wildman–Crippen MR) is 138 cm³/mol. The molecular weight excluding hydrogens is 552 g/mol. The third kappa shape index (κ3) is 7.07. The zero-order valence-electron chi connectivity index (χ0n) is 21.6. The lowest BCUT2D eigenvalue weighted by molar-refractivity contribution is -0.187. The van der Waals surface area contributed by atoms with Crippen molar-refractivity contribution < 1.29 is 39.9 Å². The molecule has 0 saturated heterocycles. The van der Waals surface area contributed by atoms with Gasteiger partial charge in [-0.15, -0.1) is 0 Å². The largest absolute Gasteiger partial charge is 0.429 e. The summed E-state index contributed by atoms with van der Waals surface area (Å²) in [4.78, 5) is 0. The van der Waals surface area contributed by atoms with Crippen LogP contribution in [0, 0.1) is 46.7 Å². The van der Waals surface area contributed by atoms with Crippen LogP contribution in [-0.4, -0.2) is 0 Å². The molecule has 4 aromatic carbocycles. The Balaban J connectivity index is 1.50. The Hall–Kier alpha value is -4.32. The lowest BCUT2D eigenvalue weighted by atomic mass is 10.0. The molecule has 0 heterocycles. The molecule has 9 heteroatoms. The maximum Gasteiger partial charge on any atom is 0.429 e. The molecular formula is C32H22F8O. The van der Waals surface area contributed by atoms with Gasteiger partial charge in [-0.05, 0) is 78.6 Å². The van der Waals surface area contributed by atoms with Crippen molar-refractivity contribution in [3.63, 3.8) is 0 Å². The highest BCUT2D eigenvalue weighted by Gasteiger charge is 2.38. The molecule has 4 aromatic rings. The molecule has 0 unspecified atom stereocenters. The normalized spacial score (nSPS) is 11.2. The van der Waals surface area contributed by atoms with Crippen LogP contribution in [-0.2, 0) is 12.5 Å². The summed E-state index contributed by atoms with van der Waals surface area (Å²) in [6.45, 7) is 2.07. The zero-order valence-corrected chi connectivity index (χ0v) is 21.6. The number of hydrogen-bond acceptors (Lipinski definition) is 1. The van der Waals surface area contributed by atoms with Gasteiger partial charge in [0.2, 0.25) is 0 Å². The first-order chi connectivity index (χ1) is 19.5. The molecule has 0 amide bonds. The number of benzene rings is 4. The summed E-state index contributed by atoms with van der Waals surface area (Å²) < 4.78 is 118. The Labute approximate surface area is 231 Å². The molecule has 0 atom stereocenters. The number of aryl methyl sites for hydroxylation is 1. The van der Waals surface area contributed by atoms with Gasteiger partial charge >= 0.3 is 6.11 Å². The summed E-state index contributed by atoms with van der Waals surface area (Å²) in [7, 11) is 0. The fraction of sp³-hybridized carbons (Fsp3) is 0.188. The molecule has 0 aromatic heterocycles. The molecule has 0 radical (unpaired) electrons. The van der Waals surface area contributed by atoms with Crippen LogP contribution in [0.3, 0.4) is 0 Å². The van der Waals surface area contributed by atoms with Crippen molar-refractivity contribution in [2.75, 3.05) is 0 Å². The van der Waals surface area contributed by atoms with E-state index in [0.29, 0.717) is 18.2 Å². The van der Waals surface area contributed by atoms with Gasteiger partial charge in [-0.1, -0.05) is 37.7 Å². The van der Waals surface area contributed by atoms with E-state index in [4.69, 9.17) is 0 Å². The molecule has 0 aliphatic heterocycles. The van der Waals surface area contributed by atoms with Crippen LogP contribution in [0.25, 0.3) is 11.1 Å². The fourth-order valence-electron chi connectivity index (χ4n) is 4.07. The first kappa shape index (κ1) is 29.7. The van der Waals surface area contributed by atoms with E-state index in [-0.39, 0.29) is 16.7 Å². The Morgan fingerprint density at radius 2 is 1.41 bits per heavy atom. The highest BCUT2D eigenvalue weighted by atomic mass is 19.3. The van der Waals surface area contributed by atoms with Gasteiger partial charge in [-0.3, -0.25) is 0 Å². The second kappa shape index (κ2) is 12.5. The van der Waals surface area contributed by atoms with Gasteiger partial charge in [0.1, 0.15) is 28.8 Å². The van der Waals surface area contributed by atoms with E-state index in [1.165, 1.54) is 12.1 Å². The predicted octanol–water partition coefficient (Wildman–Crippen LogP) is 9.45. The third-order valence-corrected chi connectivity index (χ3v) is 6.21. The van der Waals surface area contributed by atoms with Gasteiger partial charge in [0.05, 0.1) is 5.56 Å². The molecule has 0 saturated carbocycles. The van der Waals surface area contributed by atoms with Gasteiger partial charge in [0.25, 0.3) is 0 Å². The summed E-state index contributed by atoms with van der Waals surface area (Å²) in [5, 5.41) is 0. The number of unbranched alkanes of at least 4 members (excludes halogenated alkanes) is 2. The average Bonchev–Trinajstić information content (AvgIpc) is 2.91. The Kier molecular flexibility index (Phi) is 9.01. The minimum atomic E-state index is -4.25. The molecule has 0 fully saturated rings. The minimum absolute atomic E-state index is 0.00244. The molecule has 0 N–H and O–H groups in total. The van der Waals surface area contributed by atoms with E-state index >= 15 is 0 Å². The van der Waals surface area contributed by atoms with Crippen molar-refractivity contribution in [2.24, 2.45) is 0 Å². The SMILES string of the molecule is CCCCCc1ccc(C#Cc2ccc(C(F)(F)Oc3ccc(-c4cc(F)c(F)c(F)c4)c(F)c3)c(F)c2)c(F)c1. The lowest BCUT2D eigenvalue weighted by Gasteiger charge is -2.19. The number of hydrogen-bond donors (Lipinski definition) is 0. The monoisotopic (exact) mass is 574 g/mol. The van der Waals surface area contributed by atoms with E-state index in [9.17, 15) is 35.1 Å². The minimum Gasteiger partial charge on any atom is -0.429 e. The van der Waals surface area contributed by atoms with E-state index in [2.05, 4.69) is 23.5 Å². The van der Waals surface area contributed by atoms with Gasteiger partial charge in [0, 0.05) is 17.2 Å². The second-order valence-corrected chi connectivity index (χ2v) is 9.23. The molecule has 1 nitrogen and oxygen atoms in total. The van der Waals surface area contributed by atoms with Crippen LogP contribution in [0.5, 0.6) is 5.75 Å². The standard InChI is InChI=1S/C32H22F8O/c1-2-3-4-5-19-6-9-21(26(33)14-19)10-7-20-8-13-25(28(35)15-20)32(39,40)41-23-11-12-24(27(34)18-23)22-16-29(36)31(38)30(37)17-22/h6,8-9,11-18H,2-5H2,1H3. The fourth-order valence-corrected chi connectivity index (χ4v) is 4.07. The van der Waals surface area contributed by atoms with Crippen LogP contribution in [0.2, 0.25) is 0 Å². The van der Waals surface area contributed by atoms with Crippen molar-refractivity contribution in [3.8, 4) is 28.7 Å². The number of rotatable bonds is 8. The van der Waals surface area contributed by atoms with E-state index < -0.39 is 57.9 Å². The molecule has 41 heavy (non-hydrogen) atoms. The first-order valence-corrected chi connectivity index (χ1v) is 12.6. The van der Waals surface area contributed by atoms with E-state index in [0.717, 1.165) is 61.6 Å². The van der Waals surface area contributed by atoms with Crippen LogP contribution in [0.15, 0.2) is 66.7 Å². The van der Waals surface area contributed by atoms with Crippen molar-refractivity contribution in [3.05, 3.63) is 124 Å². The van der Waals surface area contributed by atoms with Crippen LogP contribution >= 0.6 is 0 Å². The van der Waals surface area contributed by atoms with Crippen molar-refractivity contribution in [1.82, 2.24) is 0 Å². The highest BCUT2D eigenvalue weighted by Crippen LogP contribution is 2.35. The number of alkyl halides is 2. The van der Waals surface area contributed by atoms with E-state index in [1.807, 2.05) is 0 Å². The second-order valence-electron chi connectivity index (χ2n) is 9.23. The third-order valence-electron chi connectivity index (χ3n) is 6.21. The topological polar surface area (TPSA) is 9.23 Å². The molecule has 0 bridgehead atoms. The number of ether oxygens (including phenoxy) is 1. The van der Waals surface area contributed by atoms with E-state index in [1.54, 1.807) is 6.07 Å². The molecule has 0 aliphatic rings. The Morgan fingerprint density at radius 3 is 2.05 bits per heavy atom. The zero-order chi connectivity index (χ0) is 29.7. The lowest BCUT2D eigenvalue weighted by Crippen LogP contribution is -2.23. The van der Waals surface area contributed by atoms with Gasteiger partial charge in [-0.2, -0.15) is 8.78 Å². The first-order valence-electron chi connectivity index (χ1n) is 12.6. The van der Waals surface area contributed by atoms with Gasteiger partial charge < -0.3 is 4.74 Å². The highest BCUT2D eigenvalue weighted by molar-refractivity contribution is 5.65. The van der Waals surface area contributed by atoms with Gasteiger partial charge in [-0.25, -0.2) is 26.3 Å². The van der Waals surface area contributed by atoms with Crippen molar-refractivity contribution in [2.45, 2.75) is 38.7 Å². The molecule has 0 aliphatic carbocycles. The van der Waals surface area contributed by atoms with Gasteiger partial charge in [0.15, 0.2) is 17.5 Å². The van der Waals surface area contributed by atoms with Crippen LogP contribution in [0.4, 0.5) is 35.1 Å². The molecule has 0 spiro atoms. The Bertz CT molecular complexity index is 1610. The summed E-state index contributed by atoms with van der Waals surface area (Å²) >= 11 is 0.